The molecule has 1 amide bonds. The molecule has 2 heterocycles. The first-order chi connectivity index (χ1) is 14.0. The molecule has 1 aliphatic heterocycles. The van der Waals surface area contributed by atoms with Crippen molar-refractivity contribution in [1.82, 2.24) is 25.9 Å². The number of aliphatic carboxylic acids is 1. The number of carbonyl (C=O) groups excluding carboxylic acids is 1. The largest absolute Gasteiger partial charge is 0.477 e. The maximum Gasteiger partial charge on any atom is 0.348 e. The summed E-state index contributed by atoms with van der Waals surface area (Å²) in [6.45, 7) is 0.209. The van der Waals surface area contributed by atoms with Gasteiger partial charge in [-0.1, -0.05) is 0 Å². The van der Waals surface area contributed by atoms with E-state index in [4.69, 9.17) is 39.5 Å². The first kappa shape index (κ1) is 27.1. The van der Waals surface area contributed by atoms with E-state index in [0.717, 1.165) is 6.20 Å². The monoisotopic (exact) mass is 432 g/mol. The van der Waals surface area contributed by atoms with E-state index >= 15 is 0 Å². The van der Waals surface area contributed by atoms with Crippen molar-refractivity contribution in [2.75, 3.05) is 12.3 Å². The number of H-pyrrole nitrogens is 1. The Labute approximate surface area is 168 Å². The molecule has 18 N–H and O–H groups in total. The van der Waals surface area contributed by atoms with Crippen LogP contribution in [0.25, 0.3) is 0 Å². The maximum atomic E-state index is 10.3. The predicted molar refractivity (Wildman–Crippen MR) is 109 cm³/mol. The molecule has 0 saturated heterocycles. The van der Waals surface area contributed by atoms with Crippen molar-refractivity contribution in [2.45, 2.75) is 0 Å². The molecular weight excluding hydrogens is 408 g/mol. The second-order valence-electron chi connectivity index (χ2n) is 4.26. The Morgan fingerprint density at radius 1 is 1.20 bits per heavy atom. The number of nitrogens with two attached hydrogens (primary N) is 7. The van der Waals surface area contributed by atoms with Gasteiger partial charge in [0.05, 0.1) is 0 Å². The van der Waals surface area contributed by atoms with Gasteiger partial charge in [-0.05, 0) is 0 Å². The molecule has 0 spiro atoms. The third-order valence-corrected chi connectivity index (χ3v) is 1.79. The van der Waals surface area contributed by atoms with E-state index in [1.807, 2.05) is 0 Å². The highest BCUT2D eigenvalue weighted by atomic mass is 16.4. The van der Waals surface area contributed by atoms with Crippen LogP contribution in [0.4, 0.5) is 5.95 Å². The minimum absolute atomic E-state index is 0. The quantitative estimate of drug-likeness (QED) is 0.0895. The number of nitrogens with zero attached hydrogens (tertiary/aromatic N) is 6. The summed E-state index contributed by atoms with van der Waals surface area (Å²) in [6, 6.07) is 0. The normalized spacial score (nSPS) is 11.2. The van der Waals surface area contributed by atoms with E-state index in [0.29, 0.717) is 6.21 Å². The van der Waals surface area contributed by atoms with Crippen LogP contribution < -0.4 is 56.5 Å². The number of rotatable bonds is 2. The molecule has 0 unspecified atom stereocenters. The van der Waals surface area contributed by atoms with E-state index in [1.54, 1.807) is 0 Å². The number of anilines is 1. The van der Waals surface area contributed by atoms with E-state index < -0.39 is 5.97 Å². The van der Waals surface area contributed by atoms with Gasteiger partial charge in [-0.2, -0.15) is 0 Å². The molecule has 0 fully saturated rings. The molecule has 0 atom stereocenters. The molecule has 20 heteroatoms. The standard InChI is InChI=1S/C3H6N4O2.C3H6N4O.C3H4N4O.CH6N4.H2/c4-3(5)7-6-1-2(8)9;2*4-3-6-2(8)1-5-7-3;2-1(3)5-4;/h1H,(H,8,9)(H4,4,5,7);5H,1H2,(H3,4,6,7,8);1H,(H3,4,6,7,8);4H2,(H4,2,3,5);1H. The van der Waals surface area contributed by atoms with Gasteiger partial charge in [0.1, 0.15) is 19.0 Å². The number of hydrazone groups is 2. The van der Waals surface area contributed by atoms with E-state index in [9.17, 15) is 14.4 Å². The number of nitrogens with one attached hydrogen (secondary N) is 3. The number of guanidine groups is 3. The van der Waals surface area contributed by atoms with E-state index in [1.165, 1.54) is 0 Å². The summed E-state index contributed by atoms with van der Waals surface area (Å²) < 4.78 is 0. The lowest BCUT2D eigenvalue weighted by Crippen LogP contribution is -2.46. The smallest absolute Gasteiger partial charge is 0.348 e. The summed E-state index contributed by atoms with van der Waals surface area (Å²) in [5.74, 6) is 2.96. The summed E-state index contributed by atoms with van der Waals surface area (Å²) in [6.07, 6.45) is 1.63. The molecule has 1 aromatic heterocycles. The van der Waals surface area contributed by atoms with Gasteiger partial charge in [-0.15, -0.1) is 30.6 Å². The Balaban J connectivity index is -0.000000340. The van der Waals surface area contributed by atoms with Crippen LogP contribution in [0.2, 0.25) is 0 Å². The SMILES string of the molecule is NC(N)=NN=CC(=O)O.NC1=NNCC(=O)N1.NN=C(N)N.Nc1nncc(=O)[nH]1.[HH]. The van der Waals surface area contributed by atoms with Crippen LogP contribution in [0.3, 0.4) is 0 Å². The number of carboxylic acid groups (broad SMARTS) is 1. The molecule has 30 heavy (non-hydrogen) atoms. The molecule has 2 rings (SSSR count). The van der Waals surface area contributed by atoms with Crippen LogP contribution in [0.5, 0.6) is 0 Å². The molecule has 0 radical (unpaired) electrons. The van der Waals surface area contributed by atoms with Gasteiger partial charge in [0.15, 0.2) is 0 Å². The molecule has 0 aliphatic carbocycles. The number of aromatic amines is 1. The van der Waals surface area contributed by atoms with Crippen LogP contribution in [0.15, 0.2) is 31.4 Å². The highest BCUT2D eigenvalue weighted by Gasteiger charge is 2.05. The Bertz CT molecular complexity index is 841. The average Bonchev–Trinajstić information content (AvgIpc) is 2.62. The zero-order chi connectivity index (χ0) is 23.5. The van der Waals surface area contributed by atoms with Gasteiger partial charge in [-0.25, -0.2) is 4.79 Å². The van der Waals surface area contributed by atoms with Gasteiger partial charge >= 0.3 is 5.97 Å². The summed E-state index contributed by atoms with van der Waals surface area (Å²) in [5.41, 5.74) is 31.2. The van der Waals surface area contributed by atoms with Gasteiger partial charge in [0.25, 0.3) is 5.56 Å². The molecule has 1 aliphatic rings. The van der Waals surface area contributed by atoms with Gasteiger partial charge in [0.2, 0.25) is 29.7 Å². The summed E-state index contributed by atoms with van der Waals surface area (Å²) >= 11 is 0. The number of hydrogen-bond donors (Lipinski definition) is 11. The highest BCUT2D eigenvalue weighted by molar-refractivity contribution is 6.22. The van der Waals surface area contributed by atoms with Gasteiger partial charge < -0.3 is 45.4 Å². The van der Waals surface area contributed by atoms with Crippen molar-refractivity contribution in [3.63, 3.8) is 0 Å². The van der Waals surface area contributed by atoms with E-state index in [-0.39, 0.29) is 43.3 Å². The topological polar surface area (TPSA) is 369 Å². The fraction of sp³-hybridized carbons (Fsp3) is 0.100. The number of aromatic nitrogens is 3. The third kappa shape index (κ3) is 20.9. The number of hydrogen-bond acceptors (Lipinski definition) is 13. The minimum atomic E-state index is -1.19. The Morgan fingerprint density at radius 2 is 1.80 bits per heavy atom. The Morgan fingerprint density at radius 3 is 2.10 bits per heavy atom. The van der Waals surface area contributed by atoms with Crippen LogP contribution >= 0.6 is 0 Å². The molecular formula is C10H24N16O4. The summed E-state index contributed by atoms with van der Waals surface area (Å²) in [7, 11) is 0. The van der Waals surface area contributed by atoms with Crippen molar-refractivity contribution in [3.05, 3.63) is 16.6 Å². The second-order valence-corrected chi connectivity index (χ2v) is 4.26. The highest BCUT2D eigenvalue weighted by Crippen LogP contribution is 1.72. The predicted octanol–water partition coefficient (Wildman–Crippen LogP) is -6.61. The van der Waals surface area contributed by atoms with Crippen molar-refractivity contribution in [1.29, 1.82) is 0 Å². The van der Waals surface area contributed by atoms with Crippen molar-refractivity contribution in [2.24, 2.45) is 54.9 Å². The van der Waals surface area contributed by atoms with Crippen molar-refractivity contribution >= 4 is 41.9 Å². The number of amides is 1. The van der Waals surface area contributed by atoms with Crippen LogP contribution in [-0.2, 0) is 9.59 Å². The lowest BCUT2D eigenvalue weighted by atomic mass is 10.6. The summed E-state index contributed by atoms with van der Waals surface area (Å²) in [5, 5.41) is 29.2. The molecule has 0 saturated carbocycles. The number of nitrogen functional groups attached to an aromatic ring is 1. The molecule has 0 bridgehead atoms. The zero-order valence-electron chi connectivity index (χ0n) is 15.3. The van der Waals surface area contributed by atoms with Crippen molar-refractivity contribution in [3.8, 4) is 0 Å². The lowest BCUT2D eigenvalue weighted by Gasteiger charge is -2.08. The third-order valence-electron chi connectivity index (χ3n) is 1.79. The number of carbonyl (C=O) groups is 2. The Hall–Kier alpha value is -5.17. The fourth-order valence-electron chi connectivity index (χ4n) is 0.883. The molecule has 20 nitrogen and oxygen atoms in total. The van der Waals surface area contributed by atoms with Gasteiger partial charge in [0, 0.05) is 1.43 Å². The first-order valence-corrected chi connectivity index (χ1v) is 7.15. The van der Waals surface area contributed by atoms with E-state index in [2.05, 4.69) is 52.2 Å². The zero-order valence-corrected chi connectivity index (χ0v) is 15.3. The van der Waals surface area contributed by atoms with Crippen LogP contribution in [0, 0.1) is 0 Å². The van der Waals surface area contributed by atoms with Gasteiger partial charge in [-0.3, -0.25) is 25.3 Å². The molecule has 0 aromatic carbocycles. The summed E-state index contributed by atoms with van der Waals surface area (Å²) in [4.78, 5) is 32.5. The van der Waals surface area contributed by atoms with Crippen molar-refractivity contribution < 1.29 is 16.1 Å². The lowest BCUT2D eigenvalue weighted by molar-refractivity contribution is -0.128. The maximum absolute atomic E-state index is 10.3. The first-order valence-electron chi connectivity index (χ1n) is 7.15. The Kier molecular flexibility index (Phi) is 14.5. The van der Waals surface area contributed by atoms with Crippen LogP contribution in [-0.4, -0.2) is 62.8 Å². The van der Waals surface area contributed by atoms with Crippen LogP contribution in [0.1, 0.15) is 1.43 Å². The average molecular weight is 432 g/mol. The molecule has 1 aromatic rings. The number of carboxylic acids is 1. The fourth-order valence-corrected chi connectivity index (χ4v) is 0.883. The molecule has 168 valence electrons. The minimum Gasteiger partial charge on any atom is -0.477 e. The second kappa shape index (κ2) is 16.0.